The van der Waals surface area contributed by atoms with Gasteiger partial charge in [-0.25, -0.2) is 4.98 Å². The minimum Gasteiger partial charge on any atom is -0.508 e. The molecule has 2 N–H and O–H groups in total. The topological polar surface area (TPSA) is 88.2 Å². The van der Waals surface area contributed by atoms with E-state index in [2.05, 4.69) is 25.6 Å². The van der Waals surface area contributed by atoms with Crippen molar-refractivity contribution < 1.29 is 5.11 Å². The maximum atomic E-state index is 9.38. The van der Waals surface area contributed by atoms with Crippen molar-refractivity contribution in [3.8, 4) is 5.75 Å². The number of hydrogen-bond acceptors (Lipinski definition) is 6. The van der Waals surface area contributed by atoms with Gasteiger partial charge in [-0.05, 0) is 42.0 Å². The van der Waals surface area contributed by atoms with E-state index in [0.29, 0.717) is 28.9 Å². The van der Waals surface area contributed by atoms with E-state index < -0.39 is 0 Å². The van der Waals surface area contributed by atoms with Gasteiger partial charge >= 0.3 is 0 Å². The van der Waals surface area contributed by atoms with Crippen LogP contribution >= 0.6 is 11.6 Å². The summed E-state index contributed by atoms with van der Waals surface area (Å²) in [6.07, 6.45) is 2.18. The quantitative estimate of drug-likeness (QED) is 0.548. The van der Waals surface area contributed by atoms with Crippen LogP contribution in [0.1, 0.15) is 11.4 Å². The van der Waals surface area contributed by atoms with Crippen molar-refractivity contribution in [1.29, 1.82) is 0 Å². The van der Waals surface area contributed by atoms with E-state index in [1.807, 2.05) is 24.3 Å². The lowest BCUT2D eigenvalue weighted by Gasteiger charge is -2.06. The Kier molecular flexibility index (Phi) is 3.91. The lowest BCUT2D eigenvalue weighted by molar-refractivity contribution is 0.475. The molecule has 0 unspecified atom stereocenters. The van der Waals surface area contributed by atoms with Crippen LogP contribution in [0.2, 0.25) is 5.15 Å². The first-order valence-electron chi connectivity index (χ1n) is 7.55. The highest BCUT2D eigenvalue weighted by Crippen LogP contribution is 2.18. The normalized spacial score (nSPS) is 10.9. The zero-order valence-electron chi connectivity index (χ0n) is 13.0. The molecule has 7 nitrogen and oxygen atoms in total. The smallest absolute Gasteiger partial charge is 0.178 e. The van der Waals surface area contributed by atoms with Crippen LogP contribution in [0.5, 0.6) is 5.75 Å². The molecule has 0 fully saturated rings. The average Bonchev–Trinajstić information content (AvgIpc) is 2.99. The lowest BCUT2D eigenvalue weighted by atomic mass is 10.1. The summed E-state index contributed by atoms with van der Waals surface area (Å²) in [5.74, 6) is 1.58. The summed E-state index contributed by atoms with van der Waals surface area (Å²) in [4.78, 5) is 3.95. The summed E-state index contributed by atoms with van der Waals surface area (Å²) in [5, 5.41) is 25.9. The van der Waals surface area contributed by atoms with Crippen molar-refractivity contribution in [3.05, 3.63) is 71.3 Å². The highest BCUT2D eigenvalue weighted by atomic mass is 35.5. The van der Waals surface area contributed by atoms with Gasteiger partial charge in [-0.15, -0.1) is 15.3 Å². The van der Waals surface area contributed by atoms with Crippen molar-refractivity contribution in [3.63, 3.8) is 0 Å². The number of halogens is 1. The molecule has 124 valence electrons. The molecule has 0 saturated heterocycles. The van der Waals surface area contributed by atoms with Crippen molar-refractivity contribution >= 4 is 28.8 Å². The molecule has 8 heteroatoms. The Morgan fingerprint density at radius 2 is 1.88 bits per heavy atom. The predicted octanol–water partition coefficient (Wildman–Crippen LogP) is 3.21. The Labute approximate surface area is 147 Å². The molecule has 0 atom stereocenters. The minimum atomic E-state index is 0.232. The number of hydrogen-bond donors (Lipinski definition) is 2. The van der Waals surface area contributed by atoms with Gasteiger partial charge in [0.05, 0.1) is 0 Å². The van der Waals surface area contributed by atoms with Gasteiger partial charge in [-0.2, -0.15) is 4.52 Å². The van der Waals surface area contributed by atoms with Crippen molar-refractivity contribution in [2.75, 3.05) is 5.32 Å². The molecule has 3 heterocycles. The van der Waals surface area contributed by atoms with Crippen LogP contribution in [0, 0.1) is 0 Å². The number of phenolic OH excluding ortho intramolecular Hbond substituents is 1. The number of anilines is 2. The molecular formula is C17H13ClN6O. The third-order valence-corrected chi connectivity index (χ3v) is 3.83. The molecule has 0 aliphatic rings. The summed E-state index contributed by atoms with van der Waals surface area (Å²) in [5.41, 5.74) is 2.46. The SMILES string of the molecule is Oc1ccc(Cc2nnc3ccc(Nc4ccnc(Cl)c4)nn23)cc1. The van der Waals surface area contributed by atoms with Crippen LogP contribution in [0.15, 0.2) is 54.7 Å². The van der Waals surface area contributed by atoms with Crippen LogP contribution in [0.4, 0.5) is 11.5 Å². The molecule has 0 radical (unpaired) electrons. The zero-order chi connectivity index (χ0) is 17.2. The molecule has 3 aromatic heterocycles. The monoisotopic (exact) mass is 352 g/mol. The Balaban J connectivity index is 1.64. The number of aromatic nitrogens is 5. The maximum Gasteiger partial charge on any atom is 0.178 e. The van der Waals surface area contributed by atoms with Gasteiger partial charge in [0.15, 0.2) is 17.3 Å². The van der Waals surface area contributed by atoms with E-state index in [0.717, 1.165) is 11.3 Å². The lowest BCUT2D eigenvalue weighted by Crippen LogP contribution is -2.03. The molecule has 0 bridgehead atoms. The highest BCUT2D eigenvalue weighted by Gasteiger charge is 2.09. The number of nitrogens with zero attached hydrogens (tertiary/aromatic N) is 5. The van der Waals surface area contributed by atoms with Gasteiger partial charge in [0, 0.05) is 18.3 Å². The number of benzene rings is 1. The predicted molar refractivity (Wildman–Crippen MR) is 94.2 cm³/mol. The van der Waals surface area contributed by atoms with E-state index in [-0.39, 0.29) is 5.75 Å². The molecule has 1 aromatic carbocycles. The van der Waals surface area contributed by atoms with E-state index in [4.69, 9.17) is 11.6 Å². The first kappa shape index (κ1) is 15.3. The zero-order valence-corrected chi connectivity index (χ0v) is 13.7. The van der Waals surface area contributed by atoms with Crippen LogP contribution in [0.3, 0.4) is 0 Å². The molecule has 0 aliphatic carbocycles. The summed E-state index contributed by atoms with van der Waals surface area (Å²) in [6.45, 7) is 0. The summed E-state index contributed by atoms with van der Waals surface area (Å²) in [6, 6.07) is 14.2. The Morgan fingerprint density at radius 3 is 2.68 bits per heavy atom. The third kappa shape index (κ3) is 3.36. The number of rotatable bonds is 4. The van der Waals surface area contributed by atoms with Crippen molar-refractivity contribution in [1.82, 2.24) is 24.8 Å². The molecule has 0 spiro atoms. The largest absolute Gasteiger partial charge is 0.508 e. The number of pyridine rings is 1. The minimum absolute atomic E-state index is 0.232. The molecule has 4 aromatic rings. The Bertz CT molecular complexity index is 1030. The van der Waals surface area contributed by atoms with Gasteiger partial charge in [0.1, 0.15) is 10.9 Å². The fraction of sp³-hybridized carbons (Fsp3) is 0.0588. The fourth-order valence-electron chi connectivity index (χ4n) is 2.43. The number of phenols is 1. The number of nitrogens with one attached hydrogen (secondary N) is 1. The van der Waals surface area contributed by atoms with Gasteiger partial charge in [0.2, 0.25) is 0 Å². The van der Waals surface area contributed by atoms with Crippen LogP contribution in [0.25, 0.3) is 5.65 Å². The van der Waals surface area contributed by atoms with Gasteiger partial charge in [0.25, 0.3) is 0 Å². The second-order valence-electron chi connectivity index (χ2n) is 5.44. The molecular weight excluding hydrogens is 340 g/mol. The van der Waals surface area contributed by atoms with Gasteiger partial charge in [-0.3, -0.25) is 0 Å². The third-order valence-electron chi connectivity index (χ3n) is 3.62. The summed E-state index contributed by atoms with van der Waals surface area (Å²) < 4.78 is 1.69. The second kappa shape index (κ2) is 6.37. The van der Waals surface area contributed by atoms with E-state index >= 15 is 0 Å². The van der Waals surface area contributed by atoms with Gasteiger partial charge < -0.3 is 10.4 Å². The Morgan fingerprint density at radius 1 is 1.04 bits per heavy atom. The maximum absolute atomic E-state index is 9.38. The van der Waals surface area contributed by atoms with Crippen LogP contribution in [-0.4, -0.2) is 29.9 Å². The van der Waals surface area contributed by atoms with E-state index in [1.165, 1.54) is 0 Å². The van der Waals surface area contributed by atoms with Crippen LogP contribution in [-0.2, 0) is 6.42 Å². The highest BCUT2D eigenvalue weighted by molar-refractivity contribution is 6.29. The second-order valence-corrected chi connectivity index (χ2v) is 5.83. The summed E-state index contributed by atoms with van der Waals surface area (Å²) in [7, 11) is 0. The first-order chi connectivity index (χ1) is 12.2. The van der Waals surface area contributed by atoms with Crippen molar-refractivity contribution in [2.24, 2.45) is 0 Å². The molecule has 0 saturated carbocycles. The number of aromatic hydroxyl groups is 1. The van der Waals surface area contributed by atoms with E-state index in [9.17, 15) is 5.11 Å². The molecule has 25 heavy (non-hydrogen) atoms. The van der Waals surface area contributed by atoms with Gasteiger partial charge in [-0.1, -0.05) is 23.7 Å². The van der Waals surface area contributed by atoms with Crippen LogP contribution < -0.4 is 5.32 Å². The van der Waals surface area contributed by atoms with E-state index in [1.54, 1.807) is 35.0 Å². The Hall–Kier alpha value is -3.19. The molecule has 4 rings (SSSR count). The molecule has 0 aliphatic heterocycles. The summed E-state index contributed by atoms with van der Waals surface area (Å²) >= 11 is 5.90. The average molecular weight is 353 g/mol. The number of fused-ring (bicyclic) bond motifs is 1. The fourth-order valence-corrected chi connectivity index (χ4v) is 2.61. The first-order valence-corrected chi connectivity index (χ1v) is 7.93. The molecule has 0 amide bonds. The standard InChI is InChI=1S/C17H13ClN6O/c18-14-10-12(7-8-19-14)20-15-5-6-16-21-22-17(24(16)23-15)9-11-1-3-13(25)4-2-11/h1-8,10,25H,9H2,(H,19,20,23). The van der Waals surface area contributed by atoms with Crippen molar-refractivity contribution in [2.45, 2.75) is 6.42 Å².